The number of hydrogen-bond acceptors (Lipinski definition) is 4. The molecular weight excluding hydrogens is 397 g/mol. The lowest BCUT2D eigenvalue weighted by atomic mass is 9.77. The maximum atomic E-state index is 14.0. The third-order valence-corrected chi connectivity index (χ3v) is 6.64. The molecule has 0 N–H and O–H groups in total. The first-order valence-corrected chi connectivity index (χ1v) is 10.9. The number of carbonyl (C=O) groups is 1. The Morgan fingerprint density at radius 1 is 1.13 bits per heavy atom. The second-order valence-corrected chi connectivity index (χ2v) is 8.58. The maximum Gasteiger partial charge on any atom is 0.253 e. The predicted octanol–water partition coefficient (Wildman–Crippen LogP) is 4.49. The molecule has 0 aliphatic carbocycles. The number of benzene rings is 2. The molecule has 2 aliphatic rings. The van der Waals surface area contributed by atoms with Gasteiger partial charge in [-0.2, -0.15) is 0 Å². The molecule has 6 heteroatoms. The van der Waals surface area contributed by atoms with E-state index in [1.54, 1.807) is 13.2 Å². The number of methoxy groups -OCH3 is 2. The van der Waals surface area contributed by atoms with Crippen molar-refractivity contribution in [3.05, 3.63) is 59.4 Å². The third kappa shape index (κ3) is 4.85. The molecule has 2 fully saturated rings. The van der Waals surface area contributed by atoms with Gasteiger partial charge in [0.15, 0.2) is 11.6 Å². The van der Waals surface area contributed by atoms with Crippen LogP contribution in [0.2, 0.25) is 0 Å². The molecule has 4 rings (SSSR count). The lowest BCUT2D eigenvalue weighted by Crippen LogP contribution is -2.51. The molecule has 0 aromatic heterocycles. The van der Waals surface area contributed by atoms with E-state index in [0.717, 1.165) is 44.5 Å². The standard InChI is InChI=1S/C25H30FNO4/c1-29-21-6-3-18(4-7-21)15-19-9-14-31-25(17-19)10-12-27(13-11-25)24(28)20-5-8-23(30-2)22(26)16-20/h3-8,16,19H,9-15,17H2,1-2H3. The Labute approximate surface area is 183 Å². The van der Waals surface area contributed by atoms with Crippen LogP contribution in [0.5, 0.6) is 11.5 Å². The van der Waals surface area contributed by atoms with Crippen molar-refractivity contribution in [1.82, 2.24) is 4.90 Å². The summed E-state index contributed by atoms with van der Waals surface area (Å²) in [6.45, 7) is 2.02. The normalized spacial score (nSPS) is 20.5. The first-order chi connectivity index (χ1) is 15.0. The summed E-state index contributed by atoms with van der Waals surface area (Å²) in [4.78, 5) is 14.7. The highest BCUT2D eigenvalue weighted by atomic mass is 19.1. The average Bonchev–Trinajstić information content (AvgIpc) is 2.80. The summed E-state index contributed by atoms with van der Waals surface area (Å²) in [5.41, 5.74) is 1.52. The number of rotatable bonds is 5. The zero-order chi connectivity index (χ0) is 21.8. The third-order valence-electron chi connectivity index (χ3n) is 6.64. The molecule has 1 spiro atoms. The molecule has 1 amide bonds. The van der Waals surface area contributed by atoms with E-state index in [2.05, 4.69) is 12.1 Å². The van der Waals surface area contributed by atoms with E-state index in [-0.39, 0.29) is 17.3 Å². The van der Waals surface area contributed by atoms with Gasteiger partial charge >= 0.3 is 0 Å². The Bertz CT molecular complexity index is 906. The molecule has 2 heterocycles. The number of nitrogens with zero attached hydrogens (tertiary/aromatic N) is 1. The van der Waals surface area contributed by atoms with Gasteiger partial charge in [0.05, 0.1) is 19.8 Å². The molecule has 1 atom stereocenters. The molecule has 5 nitrogen and oxygen atoms in total. The number of hydrogen-bond donors (Lipinski definition) is 0. The van der Waals surface area contributed by atoms with Crippen LogP contribution in [0.3, 0.4) is 0 Å². The van der Waals surface area contributed by atoms with Crippen molar-refractivity contribution in [3.8, 4) is 11.5 Å². The second kappa shape index (κ2) is 9.27. The van der Waals surface area contributed by atoms with E-state index in [4.69, 9.17) is 14.2 Å². The zero-order valence-electron chi connectivity index (χ0n) is 18.2. The number of ether oxygens (including phenoxy) is 3. The summed E-state index contributed by atoms with van der Waals surface area (Å²) >= 11 is 0. The smallest absolute Gasteiger partial charge is 0.253 e. The van der Waals surface area contributed by atoms with Gasteiger partial charge in [-0.1, -0.05) is 12.1 Å². The van der Waals surface area contributed by atoms with Crippen molar-refractivity contribution in [2.45, 2.75) is 37.7 Å². The quantitative estimate of drug-likeness (QED) is 0.706. The van der Waals surface area contributed by atoms with Crippen LogP contribution in [0.1, 0.15) is 41.6 Å². The van der Waals surface area contributed by atoms with Crippen molar-refractivity contribution in [2.24, 2.45) is 5.92 Å². The molecule has 166 valence electrons. The van der Waals surface area contributed by atoms with Gasteiger partial charge in [0, 0.05) is 25.3 Å². The van der Waals surface area contributed by atoms with E-state index in [0.29, 0.717) is 24.6 Å². The fourth-order valence-corrected chi connectivity index (χ4v) is 4.85. The molecule has 1 unspecified atom stereocenters. The van der Waals surface area contributed by atoms with Gasteiger partial charge in [-0.3, -0.25) is 4.79 Å². The summed E-state index contributed by atoms with van der Waals surface area (Å²) in [6.07, 6.45) is 4.73. The van der Waals surface area contributed by atoms with Crippen molar-refractivity contribution in [3.63, 3.8) is 0 Å². The summed E-state index contributed by atoms with van der Waals surface area (Å²) in [7, 11) is 3.09. The minimum absolute atomic E-state index is 0.137. The van der Waals surface area contributed by atoms with Gasteiger partial charge in [0.25, 0.3) is 5.91 Å². The van der Waals surface area contributed by atoms with Crippen LogP contribution in [-0.2, 0) is 11.2 Å². The minimum atomic E-state index is -0.515. The van der Waals surface area contributed by atoms with Gasteiger partial charge in [0.2, 0.25) is 0 Å². The highest BCUT2D eigenvalue weighted by Gasteiger charge is 2.41. The average molecular weight is 428 g/mol. The van der Waals surface area contributed by atoms with Gasteiger partial charge in [0.1, 0.15) is 5.75 Å². The second-order valence-electron chi connectivity index (χ2n) is 8.58. The Morgan fingerprint density at radius 3 is 2.52 bits per heavy atom. The highest BCUT2D eigenvalue weighted by Crippen LogP contribution is 2.39. The predicted molar refractivity (Wildman–Crippen MR) is 116 cm³/mol. The van der Waals surface area contributed by atoms with Gasteiger partial charge in [-0.15, -0.1) is 0 Å². The molecule has 0 bridgehead atoms. The van der Waals surface area contributed by atoms with E-state index in [1.165, 1.54) is 24.8 Å². The molecule has 0 saturated carbocycles. The fourth-order valence-electron chi connectivity index (χ4n) is 4.85. The van der Waals surface area contributed by atoms with E-state index < -0.39 is 5.82 Å². The van der Waals surface area contributed by atoms with Gasteiger partial charge in [-0.25, -0.2) is 4.39 Å². The van der Waals surface area contributed by atoms with Crippen LogP contribution in [0.25, 0.3) is 0 Å². The van der Waals surface area contributed by atoms with E-state index in [9.17, 15) is 9.18 Å². The van der Waals surface area contributed by atoms with Crippen LogP contribution in [0.4, 0.5) is 4.39 Å². The molecule has 2 saturated heterocycles. The molecule has 0 radical (unpaired) electrons. The van der Waals surface area contributed by atoms with Crippen LogP contribution in [0.15, 0.2) is 42.5 Å². The number of likely N-dealkylation sites (tertiary alicyclic amines) is 1. The molecule has 2 aromatic carbocycles. The van der Waals surface area contributed by atoms with Crippen molar-refractivity contribution in [1.29, 1.82) is 0 Å². The van der Waals surface area contributed by atoms with Crippen molar-refractivity contribution < 1.29 is 23.4 Å². The highest BCUT2D eigenvalue weighted by molar-refractivity contribution is 5.94. The van der Waals surface area contributed by atoms with Gasteiger partial charge in [-0.05, 0) is 73.9 Å². The number of amides is 1. The van der Waals surface area contributed by atoms with Crippen LogP contribution < -0.4 is 9.47 Å². The van der Waals surface area contributed by atoms with Crippen LogP contribution in [-0.4, -0.2) is 50.3 Å². The molecular formula is C25H30FNO4. The summed E-state index contributed by atoms with van der Waals surface area (Å²) in [6, 6.07) is 12.7. The van der Waals surface area contributed by atoms with Crippen LogP contribution in [0, 0.1) is 11.7 Å². The van der Waals surface area contributed by atoms with Crippen molar-refractivity contribution >= 4 is 5.91 Å². The zero-order valence-corrected chi connectivity index (χ0v) is 18.2. The Balaban J connectivity index is 1.35. The van der Waals surface area contributed by atoms with E-state index in [1.807, 2.05) is 17.0 Å². The molecule has 2 aliphatic heterocycles. The Hall–Kier alpha value is -2.60. The van der Waals surface area contributed by atoms with Gasteiger partial charge < -0.3 is 19.1 Å². The SMILES string of the molecule is COc1ccc(CC2CCOC3(CCN(C(=O)c4ccc(OC)c(F)c4)CC3)C2)cc1. The lowest BCUT2D eigenvalue weighted by Gasteiger charge is -2.46. The summed E-state index contributed by atoms with van der Waals surface area (Å²) < 4.78 is 30.5. The van der Waals surface area contributed by atoms with Crippen LogP contribution >= 0.6 is 0 Å². The minimum Gasteiger partial charge on any atom is -0.497 e. The monoisotopic (exact) mass is 427 g/mol. The maximum absolute atomic E-state index is 14.0. The summed E-state index contributed by atoms with van der Waals surface area (Å²) in [5, 5.41) is 0. The first-order valence-electron chi connectivity index (χ1n) is 10.9. The Morgan fingerprint density at radius 2 is 1.87 bits per heavy atom. The number of carbonyl (C=O) groups excluding carboxylic acids is 1. The number of piperidine rings is 1. The summed E-state index contributed by atoms with van der Waals surface area (Å²) in [5.74, 6) is 0.939. The topological polar surface area (TPSA) is 48.0 Å². The number of halogens is 1. The van der Waals surface area contributed by atoms with Crippen molar-refractivity contribution in [2.75, 3.05) is 33.9 Å². The Kier molecular flexibility index (Phi) is 6.46. The van der Waals surface area contributed by atoms with E-state index >= 15 is 0 Å². The first kappa shape index (κ1) is 21.6. The molecule has 2 aromatic rings. The largest absolute Gasteiger partial charge is 0.497 e. The lowest BCUT2D eigenvalue weighted by molar-refractivity contribution is -0.123. The molecule has 31 heavy (non-hydrogen) atoms. The fraction of sp³-hybridized carbons (Fsp3) is 0.480.